The van der Waals surface area contributed by atoms with E-state index in [1.165, 1.54) is 6.26 Å². The van der Waals surface area contributed by atoms with Crippen molar-refractivity contribution >= 4 is 0 Å². The van der Waals surface area contributed by atoms with Crippen molar-refractivity contribution in [3.63, 3.8) is 0 Å². The van der Waals surface area contributed by atoms with Gasteiger partial charge in [-0.05, 0) is 12.1 Å². The quantitative estimate of drug-likeness (QED) is 0.731. The molecule has 2 heterocycles. The fourth-order valence-corrected chi connectivity index (χ4v) is 0.970. The van der Waals surface area contributed by atoms with Gasteiger partial charge in [-0.1, -0.05) is 0 Å². The molecule has 2 rings (SSSR count). The summed E-state index contributed by atoms with van der Waals surface area (Å²) >= 11 is 0. The van der Waals surface area contributed by atoms with E-state index in [9.17, 15) is 5.11 Å². The number of aromatic nitrogens is 2. The van der Waals surface area contributed by atoms with E-state index in [2.05, 4.69) is 10.2 Å². The summed E-state index contributed by atoms with van der Waals surface area (Å²) in [6.07, 6.45) is 0.574. The van der Waals surface area contributed by atoms with E-state index in [-0.39, 0.29) is 18.3 Å². The first-order valence-electron chi connectivity index (χ1n) is 4.06. The fraction of sp³-hybridized carbons (Fsp3) is 0.250. The van der Waals surface area contributed by atoms with E-state index >= 15 is 0 Å². The first-order chi connectivity index (χ1) is 6.81. The second-order valence-electron chi connectivity index (χ2n) is 2.67. The number of aliphatic hydroxyl groups excluding tert-OH is 1. The Balaban J connectivity index is 2.26. The van der Waals surface area contributed by atoms with E-state index < -0.39 is 6.10 Å². The van der Waals surface area contributed by atoms with Crippen LogP contribution in [0.5, 0.6) is 0 Å². The van der Waals surface area contributed by atoms with E-state index in [1.807, 2.05) is 0 Å². The van der Waals surface area contributed by atoms with Gasteiger partial charge in [0.05, 0.1) is 6.26 Å². The van der Waals surface area contributed by atoms with Gasteiger partial charge in [-0.2, -0.15) is 0 Å². The monoisotopic (exact) mass is 195 g/mol. The molecule has 0 aliphatic heterocycles. The summed E-state index contributed by atoms with van der Waals surface area (Å²) in [5.41, 5.74) is 5.23. The van der Waals surface area contributed by atoms with Crippen LogP contribution in [0.15, 0.2) is 27.2 Å². The fourth-order valence-electron chi connectivity index (χ4n) is 0.970. The lowest BCUT2D eigenvalue weighted by molar-refractivity contribution is 0.152. The molecule has 0 saturated carbocycles. The lowest BCUT2D eigenvalue weighted by Gasteiger charge is -1.98. The van der Waals surface area contributed by atoms with E-state index in [0.717, 1.165) is 0 Å². The topological polar surface area (TPSA) is 98.3 Å². The van der Waals surface area contributed by atoms with Crippen molar-refractivity contribution in [2.45, 2.75) is 6.10 Å². The Hall–Kier alpha value is -1.66. The smallest absolute Gasteiger partial charge is 0.283 e. The Bertz CT molecular complexity index is 396. The predicted molar refractivity (Wildman–Crippen MR) is 46.0 cm³/mol. The molecule has 0 aliphatic carbocycles. The molecule has 0 spiro atoms. The Morgan fingerprint density at radius 3 is 3.00 bits per heavy atom. The molecule has 6 heteroatoms. The third-order valence-corrected chi connectivity index (χ3v) is 1.68. The highest BCUT2D eigenvalue weighted by molar-refractivity contribution is 5.42. The number of aliphatic hydroxyl groups is 1. The zero-order valence-corrected chi connectivity index (χ0v) is 7.25. The summed E-state index contributed by atoms with van der Waals surface area (Å²) in [6.45, 7) is 0.0415. The lowest BCUT2D eigenvalue weighted by Crippen LogP contribution is -2.11. The number of hydrogen-bond acceptors (Lipinski definition) is 6. The van der Waals surface area contributed by atoms with Crippen LogP contribution in [-0.4, -0.2) is 21.8 Å². The number of nitrogens with two attached hydrogens (primary N) is 1. The van der Waals surface area contributed by atoms with Crippen LogP contribution in [-0.2, 0) is 0 Å². The highest BCUT2D eigenvalue weighted by Crippen LogP contribution is 2.20. The normalized spacial score (nSPS) is 13.0. The lowest BCUT2D eigenvalue weighted by atomic mass is 10.4. The van der Waals surface area contributed by atoms with Crippen LogP contribution in [0, 0.1) is 0 Å². The molecular weight excluding hydrogens is 186 g/mol. The minimum atomic E-state index is -0.925. The number of furan rings is 1. The highest BCUT2D eigenvalue weighted by Gasteiger charge is 2.15. The van der Waals surface area contributed by atoms with Crippen molar-refractivity contribution in [3.05, 3.63) is 24.3 Å². The summed E-state index contributed by atoms with van der Waals surface area (Å²) in [5.74, 6) is 0.796. The average molecular weight is 195 g/mol. The molecule has 0 aliphatic rings. The minimum absolute atomic E-state index is 0.0415. The molecule has 1 atom stereocenters. The molecule has 6 nitrogen and oxygen atoms in total. The van der Waals surface area contributed by atoms with Crippen LogP contribution < -0.4 is 5.73 Å². The molecular formula is C8H9N3O3. The molecule has 2 aromatic rings. The zero-order valence-electron chi connectivity index (χ0n) is 7.25. The maximum Gasteiger partial charge on any atom is 0.283 e. The van der Waals surface area contributed by atoms with Crippen LogP contribution in [0.4, 0.5) is 0 Å². The molecule has 0 saturated heterocycles. The van der Waals surface area contributed by atoms with Crippen LogP contribution >= 0.6 is 0 Å². The van der Waals surface area contributed by atoms with E-state index in [1.54, 1.807) is 12.1 Å². The van der Waals surface area contributed by atoms with Crippen LogP contribution in [0.2, 0.25) is 0 Å². The van der Waals surface area contributed by atoms with Gasteiger partial charge < -0.3 is 19.7 Å². The molecule has 0 aromatic carbocycles. The molecule has 1 unspecified atom stereocenters. The van der Waals surface area contributed by atoms with Gasteiger partial charge in [0.25, 0.3) is 5.89 Å². The van der Waals surface area contributed by atoms with Crippen molar-refractivity contribution in [1.29, 1.82) is 0 Å². The minimum Gasteiger partial charge on any atom is -0.459 e. The second-order valence-corrected chi connectivity index (χ2v) is 2.67. The van der Waals surface area contributed by atoms with Crippen molar-refractivity contribution in [2.75, 3.05) is 6.54 Å². The average Bonchev–Trinajstić information content (AvgIpc) is 2.86. The van der Waals surface area contributed by atoms with Gasteiger partial charge in [0.2, 0.25) is 5.89 Å². The van der Waals surface area contributed by atoms with Gasteiger partial charge in [0.15, 0.2) is 5.76 Å². The summed E-state index contributed by atoms with van der Waals surface area (Å²) < 4.78 is 10.2. The molecule has 0 radical (unpaired) electrons. The van der Waals surface area contributed by atoms with Gasteiger partial charge in [-0.3, -0.25) is 0 Å². The van der Waals surface area contributed by atoms with Gasteiger partial charge in [-0.25, -0.2) is 0 Å². The Morgan fingerprint density at radius 2 is 2.36 bits per heavy atom. The largest absolute Gasteiger partial charge is 0.459 e. The highest BCUT2D eigenvalue weighted by atomic mass is 16.4. The van der Waals surface area contributed by atoms with Crippen molar-refractivity contribution in [3.8, 4) is 11.7 Å². The molecule has 2 aromatic heterocycles. The molecule has 3 N–H and O–H groups in total. The Morgan fingerprint density at radius 1 is 1.50 bits per heavy atom. The van der Waals surface area contributed by atoms with Crippen LogP contribution in [0.3, 0.4) is 0 Å². The molecule has 14 heavy (non-hydrogen) atoms. The standard InChI is InChI=1S/C8H9N3O3/c9-4-5(12)7-10-11-8(14-7)6-2-1-3-13-6/h1-3,5,12H,4,9H2. The van der Waals surface area contributed by atoms with Gasteiger partial charge in [0.1, 0.15) is 6.10 Å². The molecule has 0 bridgehead atoms. The zero-order chi connectivity index (χ0) is 9.97. The Labute approximate surface area is 79.3 Å². The second kappa shape index (κ2) is 3.60. The third kappa shape index (κ3) is 1.52. The van der Waals surface area contributed by atoms with Crippen molar-refractivity contribution in [2.24, 2.45) is 5.73 Å². The van der Waals surface area contributed by atoms with Gasteiger partial charge >= 0.3 is 0 Å². The van der Waals surface area contributed by atoms with Crippen molar-refractivity contribution < 1.29 is 13.9 Å². The van der Waals surface area contributed by atoms with E-state index in [0.29, 0.717) is 5.76 Å². The first kappa shape index (κ1) is 8.92. The summed E-state index contributed by atoms with van der Waals surface area (Å²) in [6, 6.07) is 3.39. The summed E-state index contributed by atoms with van der Waals surface area (Å²) in [4.78, 5) is 0. The summed E-state index contributed by atoms with van der Waals surface area (Å²) in [7, 11) is 0. The molecule has 0 fully saturated rings. The predicted octanol–water partition coefficient (Wildman–Crippen LogP) is 0.322. The van der Waals surface area contributed by atoms with Gasteiger partial charge in [0, 0.05) is 6.54 Å². The van der Waals surface area contributed by atoms with Crippen LogP contribution in [0.25, 0.3) is 11.7 Å². The van der Waals surface area contributed by atoms with Crippen molar-refractivity contribution in [1.82, 2.24) is 10.2 Å². The maximum absolute atomic E-state index is 9.29. The Kier molecular flexibility index (Phi) is 2.30. The van der Waals surface area contributed by atoms with Crippen LogP contribution in [0.1, 0.15) is 12.0 Å². The number of hydrogen-bond donors (Lipinski definition) is 2. The maximum atomic E-state index is 9.29. The summed E-state index contributed by atoms with van der Waals surface area (Å²) in [5, 5.41) is 16.6. The SMILES string of the molecule is NCC(O)c1nnc(-c2ccco2)o1. The number of nitrogens with zero attached hydrogens (tertiary/aromatic N) is 2. The van der Waals surface area contributed by atoms with E-state index in [4.69, 9.17) is 14.6 Å². The third-order valence-electron chi connectivity index (χ3n) is 1.68. The van der Waals surface area contributed by atoms with Gasteiger partial charge in [-0.15, -0.1) is 10.2 Å². The number of rotatable bonds is 3. The molecule has 74 valence electrons. The molecule has 0 amide bonds. The first-order valence-corrected chi connectivity index (χ1v) is 4.06.